The summed E-state index contributed by atoms with van der Waals surface area (Å²) in [6.45, 7) is 8.13. The molecular formula is C36H51N5O5. The zero-order chi connectivity index (χ0) is 31.9. The van der Waals surface area contributed by atoms with E-state index in [0.29, 0.717) is 83.3 Å². The standard InChI is InChI=1S/C36H51N5O5/c1-3-16-43-18-20-45-22-23-46-21-19-44-17-12-35(42)39-14-11-32-31(26-39)38-27(2)41(32)29-24-34-36(25-29)13-9-33(36)40(34)15-10-30(37)28-7-5-4-6-8-28/h1,4-8,29-30,33-34H,9-26,37H2,2H3. The molecule has 1 spiro atoms. The number of rotatable bonds is 18. The van der Waals surface area contributed by atoms with E-state index >= 15 is 0 Å². The highest BCUT2D eigenvalue weighted by Gasteiger charge is 2.69. The van der Waals surface area contributed by atoms with Gasteiger partial charge in [0.25, 0.3) is 0 Å². The molecule has 10 heteroatoms. The van der Waals surface area contributed by atoms with Crippen LogP contribution in [0.1, 0.15) is 73.4 Å². The van der Waals surface area contributed by atoms with Crippen molar-refractivity contribution in [3.63, 3.8) is 0 Å². The number of piperidine rings is 1. The Bertz CT molecular complexity index is 1340. The average Bonchev–Trinajstić information content (AvgIpc) is 3.61. The Morgan fingerprint density at radius 3 is 2.48 bits per heavy atom. The first-order valence-electron chi connectivity index (χ1n) is 17.2. The molecule has 2 aliphatic heterocycles. The van der Waals surface area contributed by atoms with Gasteiger partial charge >= 0.3 is 0 Å². The van der Waals surface area contributed by atoms with Crippen molar-refractivity contribution in [2.75, 3.05) is 65.9 Å². The number of hydrogen-bond acceptors (Lipinski definition) is 8. The van der Waals surface area contributed by atoms with Crippen LogP contribution >= 0.6 is 0 Å². The van der Waals surface area contributed by atoms with Crippen LogP contribution in [0.5, 0.6) is 0 Å². The Hall–Kier alpha value is -2.78. The van der Waals surface area contributed by atoms with Crippen LogP contribution in [-0.2, 0) is 36.7 Å². The molecule has 3 heterocycles. The second kappa shape index (κ2) is 15.4. The summed E-state index contributed by atoms with van der Waals surface area (Å²) in [6, 6.07) is 12.5. The van der Waals surface area contributed by atoms with E-state index in [1.165, 1.54) is 36.9 Å². The predicted molar refractivity (Wildman–Crippen MR) is 175 cm³/mol. The fourth-order valence-corrected chi connectivity index (χ4v) is 8.53. The minimum Gasteiger partial charge on any atom is -0.379 e. The zero-order valence-corrected chi connectivity index (χ0v) is 27.4. The number of amides is 1. The monoisotopic (exact) mass is 633 g/mol. The van der Waals surface area contributed by atoms with Crippen molar-refractivity contribution in [2.24, 2.45) is 11.1 Å². The number of ether oxygens (including phenoxy) is 4. The lowest BCUT2D eigenvalue weighted by molar-refractivity contribution is -0.188. The molecule has 1 aromatic carbocycles. The Morgan fingerprint density at radius 2 is 1.78 bits per heavy atom. The van der Waals surface area contributed by atoms with Gasteiger partial charge in [0.15, 0.2) is 0 Å². The molecule has 0 radical (unpaired) electrons. The fraction of sp³-hybridized carbons (Fsp3) is 0.667. The lowest BCUT2D eigenvalue weighted by Crippen LogP contribution is -2.74. The van der Waals surface area contributed by atoms with Crippen LogP contribution in [-0.4, -0.2) is 103 Å². The molecule has 0 bridgehead atoms. The number of benzene rings is 1. The molecule has 5 atom stereocenters. The molecule has 46 heavy (non-hydrogen) atoms. The van der Waals surface area contributed by atoms with Crippen molar-refractivity contribution in [3.8, 4) is 12.3 Å². The molecule has 250 valence electrons. The second-order valence-corrected chi connectivity index (χ2v) is 13.3. The number of nitrogens with two attached hydrogens (primary N) is 1. The van der Waals surface area contributed by atoms with Crippen LogP contribution in [0.4, 0.5) is 0 Å². The lowest BCUT2D eigenvalue weighted by Gasteiger charge is -2.68. The predicted octanol–water partition coefficient (Wildman–Crippen LogP) is 3.42. The average molecular weight is 634 g/mol. The SMILES string of the molecule is C#CCOCCOCCOCCOCCC(=O)N1CCc2c(nc(C)n2C2CC3N(CCC(N)c4ccccc4)C4CCC43C2)C1. The Morgan fingerprint density at radius 1 is 1.07 bits per heavy atom. The van der Waals surface area contributed by atoms with E-state index in [9.17, 15) is 4.79 Å². The topological polar surface area (TPSA) is 104 Å². The highest BCUT2D eigenvalue weighted by Crippen LogP contribution is 2.67. The molecule has 2 saturated carbocycles. The number of carbonyl (C=O) groups excluding carboxylic acids is 1. The highest BCUT2D eigenvalue weighted by atomic mass is 16.6. The fourth-order valence-electron chi connectivity index (χ4n) is 8.53. The highest BCUT2D eigenvalue weighted by molar-refractivity contribution is 5.76. The van der Waals surface area contributed by atoms with Crippen molar-refractivity contribution < 1.29 is 23.7 Å². The summed E-state index contributed by atoms with van der Waals surface area (Å²) < 4.78 is 24.3. The number of likely N-dealkylation sites (tertiary alicyclic amines) is 1. The summed E-state index contributed by atoms with van der Waals surface area (Å²) in [5.74, 6) is 3.64. The summed E-state index contributed by atoms with van der Waals surface area (Å²) in [4.78, 5) is 22.7. The first-order valence-corrected chi connectivity index (χ1v) is 17.2. The van der Waals surface area contributed by atoms with Crippen molar-refractivity contribution in [1.82, 2.24) is 19.4 Å². The maximum atomic E-state index is 13.0. The second-order valence-electron chi connectivity index (χ2n) is 13.3. The van der Waals surface area contributed by atoms with E-state index in [1.54, 1.807) is 0 Å². The number of fused-ring (bicyclic) bond motifs is 1. The molecule has 4 aliphatic rings. The molecule has 10 nitrogen and oxygen atoms in total. The smallest absolute Gasteiger partial charge is 0.225 e. The number of terminal acetylenes is 1. The van der Waals surface area contributed by atoms with Gasteiger partial charge < -0.3 is 34.1 Å². The molecule has 2 aromatic rings. The molecule has 1 amide bonds. The van der Waals surface area contributed by atoms with E-state index in [4.69, 9.17) is 36.1 Å². The van der Waals surface area contributed by atoms with Gasteiger partial charge in [-0.15, -0.1) is 6.42 Å². The Labute approximate surface area is 273 Å². The third-order valence-electron chi connectivity index (χ3n) is 10.8. The van der Waals surface area contributed by atoms with Gasteiger partial charge in [-0.25, -0.2) is 4.98 Å². The summed E-state index contributed by atoms with van der Waals surface area (Å²) >= 11 is 0. The molecular weight excluding hydrogens is 582 g/mol. The Balaban J connectivity index is 0.914. The van der Waals surface area contributed by atoms with E-state index in [2.05, 4.69) is 52.6 Å². The minimum atomic E-state index is 0.0926. The van der Waals surface area contributed by atoms with Gasteiger partial charge in [-0.3, -0.25) is 9.69 Å². The summed E-state index contributed by atoms with van der Waals surface area (Å²) in [7, 11) is 0. The van der Waals surface area contributed by atoms with E-state index in [-0.39, 0.29) is 11.9 Å². The quantitative estimate of drug-likeness (QED) is 0.197. The van der Waals surface area contributed by atoms with Gasteiger partial charge in [-0.05, 0) is 44.6 Å². The van der Waals surface area contributed by atoms with Crippen LogP contribution in [0.2, 0.25) is 0 Å². The summed E-state index contributed by atoms with van der Waals surface area (Å²) in [6.07, 6.45) is 12.5. The normalized spacial score (nSPS) is 25.6. The first-order chi connectivity index (χ1) is 22.5. The van der Waals surface area contributed by atoms with Crippen LogP contribution < -0.4 is 5.73 Å². The van der Waals surface area contributed by atoms with Gasteiger partial charge in [0.05, 0.1) is 64.9 Å². The summed E-state index contributed by atoms with van der Waals surface area (Å²) in [5.41, 5.74) is 10.7. The minimum absolute atomic E-state index is 0.0926. The molecule has 5 unspecified atom stereocenters. The lowest BCUT2D eigenvalue weighted by atomic mass is 9.53. The maximum Gasteiger partial charge on any atom is 0.225 e. The van der Waals surface area contributed by atoms with Crippen molar-refractivity contribution in [3.05, 3.63) is 53.1 Å². The third-order valence-corrected chi connectivity index (χ3v) is 10.8. The first kappa shape index (κ1) is 33.1. The molecule has 1 saturated heterocycles. The number of imidazole rings is 1. The van der Waals surface area contributed by atoms with Gasteiger partial charge in [-0.2, -0.15) is 0 Å². The molecule has 2 aliphatic carbocycles. The van der Waals surface area contributed by atoms with Crippen molar-refractivity contribution in [2.45, 2.75) is 82.6 Å². The van der Waals surface area contributed by atoms with Gasteiger partial charge in [0, 0.05) is 54.8 Å². The zero-order valence-electron chi connectivity index (χ0n) is 27.4. The van der Waals surface area contributed by atoms with Crippen molar-refractivity contribution >= 4 is 5.91 Å². The van der Waals surface area contributed by atoms with Gasteiger partial charge in [-0.1, -0.05) is 36.3 Å². The Kier molecular flexibility index (Phi) is 11.1. The van der Waals surface area contributed by atoms with E-state index in [1.807, 2.05) is 4.90 Å². The molecule has 1 aromatic heterocycles. The van der Waals surface area contributed by atoms with Crippen LogP contribution in [0, 0.1) is 24.7 Å². The number of nitrogens with zero attached hydrogens (tertiary/aromatic N) is 4. The van der Waals surface area contributed by atoms with Crippen LogP contribution in [0.15, 0.2) is 30.3 Å². The van der Waals surface area contributed by atoms with Crippen molar-refractivity contribution in [1.29, 1.82) is 0 Å². The van der Waals surface area contributed by atoms with E-state index < -0.39 is 0 Å². The number of hydrogen-bond donors (Lipinski definition) is 1. The molecule has 3 fully saturated rings. The number of aromatic nitrogens is 2. The van der Waals surface area contributed by atoms with E-state index in [0.717, 1.165) is 43.5 Å². The number of carbonyl (C=O) groups is 1. The van der Waals surface area contributed by atoms with Gasteiger partial charge in [0.1, 0.15) is 12.4 Å². The molecule has 2 N–H and O–H groups in total. The molecule has 6 rings (SSSR count). The summed E-state index contributed by atoms with van der Waals surface area (Å²) in [5, 5.41) is 0. The third kappa shape index (κ3) is 7.05. The maximum absolute atomic E-state index is 13.0. The number of aryl methyl sites for hydroxylation is 1. The van der Waals surface area contributed by atoms with Crippen LogP contribution in [0.25, 0.3) is 0 Å². The largest absolute Gasteiger partial charge is 0.379 e. The van der Waals surface area contributed by atoms with Crippen LogP contribution in [0.3, 0.4) is 0 Å². The van der Waals surface area contributed by atoms with Gasteiger partial charge in [0.2, 0.25) is 5.91 Å².